The Morgan fingerprint density at radius 2 is 1.80 bits per heavy atom. The zero-order chi connectivity index (χ0) is 7.03. The molecule has 0 amide bonds. The number of ether oxygens (including phenoxy) is 1. The fraction of sp³-hybridized carbons (Fsp3) is 0.875. The molecule has 0 radical (unpaired) electrons. The number of hydrogen-bond acceptors (Lipinski definition) is 1. The van der Waals surface area contributed by atoms with Crippen LogP contribution in [0.25, 0.3) is 0 Å². The van der Waals surface area contributed by atoms with Crippen LogP contribution in [0.5, 0.6) is 0 Å². The zero-order valence-corrected chi connectivity index (χ0v) is 6.36. The van der Waals surface area contributed by atoms with Crippen LogP contribution in [0.1, 0.15) is 12.8 Å². The van der Waals surface area contributed by atoms with Gasteiger partial charge in [-0.05, 0) is 12.8 Å². The van der Waals surface area contributed by atoms with Gasteiger partial charge in [-0.25, -0.2) is 0 Å². The molecule has 2 rings (SSSR count). The molecule has 0 aliphatic carbocycles. The van der Waals surface area contributed by atoms with E-state index in [0.717, 1.165) is 13.2 Å². The maximum atomic E-state index is 5.31. The number of hydrogen-bond donors (Lipinski definition) is 1. The molecule has 2 heterocycles. The minimum absolute atomic E-state index is 0.648. The minimum atomic E-state index is 0.648. The van der Waals surface area contributed by atoms with Gasteiger partial charge in [0.2, 0.25) is 0 Å². The van der Waals surface area contributed by atoms with E-state index in [0.29, 0.717) is 5.41 Å². The number of nitrogens with one attached hydrogen (secondary N) is 1. The summed E-state index contributed by atoms with van der Waals surface area (Å²) in [5, 5.41) is 0. The molecule has 0 aromatic carbocycles. The van der Waals surface area contributed by atoms with E-state index in [1.165, 1.54) is 30.8 Å². The van der Waals surface area contributed by atoms with Crippen molar-refractivity contribution in [3.05, 3.63) is 7.05 Å². The molecule has 1 spiro atoms. The zero-order valence-electron chi connectivity index (χ0n) is 6.36. The van der Waals surface area contributed by atoms with Crippen molar-refractivity contribution < 1.29 is 9.64 Å². The van der Waals surface area contributed by atoms with Gasteiger partial charge in [0.25, 0.3) is 0 Å². The van der Waals surface area contributed by atoms with E-state index in [9.17, 15) is 0 Å². The van der Waals surface area contributed by atoms with E-state index >= 15 is 0 Å². The standard InChI is InChI=1S/C8H15NO/c1-9-6-8(7-9)2-4-10-5-3-8/h9H,1-7H2. The van der Waals surface area contributed by atoms with E-state index in [4.69, 9.17) is 4.74 Å². The summed E-state index contributed by atoms with van der Waals surface area (Å²) in [7, 11) is 3.97. The molecule has 0 aromatic rings. The Labute approximate surface area is 62.2 Å². The maximum Gasteiger partial charge on any atom is 0.0683 e. The number of quaternary nitrogens is 1. The molecule has 0 saturated carbocycles. The second kappa shape index (κ2) is 2.21. The fourth-order valence-electron chi connectivity index (χ4n) is 2.17. The third-order valence-electron chi connectivity index (χ3n) is 2.80. The van der Waals surface area contributed by atoms with E-state index in [1.807, 2.05) is 0 Å². The highest BCUT2D eigenvalue weighted by Gasteiger charge is 2.43. The molecular formula is C8H15NO. The average Bonchev–Trinajstić information content (AvgIpc) is 1.87. The molecule has 0 bridgehead atoms. The van der Waals surface area contributed by atoms with Gasteiger partial charge in [0.15, 0.2) is 0 Å². The molecule has 10 heavy (non-hydrogen) atoms. The summed E-state index contributed by atoms with van der Waals surface area (Å²) in [5.41, 5.74) is 0.648. The van der Waals surface area contributed by atoms with E-state index in [-0.39, 0.29) is 0 Å². The fourth-order valence-corrected chi connectivity index (χ4v) is 2.17. The third-order valence-corrected chi connectivity index (χ3v) is 2.80. The Bertz CT molecular complexity index is 114. The van der Waals surface area contributed by atoms with Crippen LogP contribution in [0.3, 0.4) is 0 Å². The quantitative estimate of drug-likeness (QED) is 0.448. The molecule has 58 valence electrons. The first kappa shape index (κ1) is 6.62. The van der Waals surface area contributed by atoms with Crippen molar-refractivity contribution >= 4 is 0 Å². The summed E-state index contributed by atoms with van der Waals surface area (Å²) < 4.78 is 5.31. The van der Waals surface area contributed by atoms with Gasteiger partial charge in [0, 0.05) is 13.2 Å². The first-order valence-corrected chi connectivity index (χ1v) is 4.05. The van der Waals surface area contributed by atoms with Crippen LogP contribution in [-0.4, -0.2) is 26.3 Å². The van der Waals surface area contributed by atoms with Gasteiger partial charge in [-0.2, -0.15) is 7.05 Å². The van der Waals surface area contributed by atoms with Crippen molar-refractivity contribution in [3.63, 3.8) is 0 Å². The summed E-state index contributed by atoms with van der Waals surface area (Å²) in [6, 6.07) is 0. The SMILES string of the molecule is [CH2-][NH+]1CC2(CCOCC2)C1. The predicted octanol–water partition coefficient (Wildman–Crippen LogP) is -0.527. The Morgan fingerprint density at radius 3 is 2.30 bits per heavy atom. The van der Waals surface area contributed by atoms with Gasteiger partial charge in [-0.1, -0.05) is 0 Å². The molecule has 1 N–H and O–H groups in total. The third kappa shape index (κ3) is 0.956. The van der Waals surface area contributed by atoms with Crippen molar-refractivity contribution in [1.82, 2.24) is 0 Å². The topological polar surface area (TPSA) is 13.7 Å². The lowest BCUT2D eigenvalue weighted by atomic mass is 9.74. The van der Waals surface area contributed by atoms with Crippen LogP contribution in [0, 0.1) is 12.5 Å². The Morgan fingerprint density at radius 1 is 1.20 bits per heavy atom. The molecule has 2 heteroatoms. The van der Waals surface area contributed by atoms with Crippen LogP contribution >= 0.6 is 0 Å². The first-order valence-electron chi connectivity index (χ1n) is 4.05. The summed E-state index contributed by atoms with van der Waals surface area (Å²) >= 11 is 0. The van der Waals surface area contributed by atoms with Crippen molar-refractivity contribution in [2.75, 3.05) is 26.3 Å². The van der Waals surface area contributed by atoms with Crippen molar-refractivity contribution in [2.24, 2.45) is 5.41 Å². The van der Waals surface area contributed by atoms with Gasteiger partial charge < -0.3 is 9.64 Å². The second-order valence-corrected chi connectivity index (χ2v) is 3.72. The highest BCUT2D eigenvalue weighted by atomic mass is 16.5. The molecule has 0 atom stereocenters. The minimum Gasteiger partial charge on any atom is -0.467 e. The Kier molecular flexibility index (Phi) is 1.46. The molecule has 0 aromatic heterocycles. The lowest BCUT2D eigenvalue weighted by Crippen LogP contribution is -3.18. The normalized spacial score (nSPS) is 32.1. The predicted molar refractivity (Wildman–Crippen MR) is 38.5 cm³/mol. The summed E-state index contributed by atoms with van der Waals surface area (Å²) in [6.07, 6.45) is 2.54. The number of likely N-dealkylation sites (tertiary alicyclic amines) is 1. The molecule has 2 aliphatic rings. The molecule has 2 fully saturated rings. The van der Waals surface area contributed by atoms with E-state index in [2.05, 4.69) is 7.05 Å². The van der Waals surface area contributed by atoms with Gasteiger partial charge in [-0.15, -0.1) is 0 Å². The van der Waals surface area contributed by atoms with Crippen LogP contribution in [0.4, 0.5) is 0 Å². The molecule has 0 unspecified atom stereocenters. The van der Waals surface area contributed by atoms with E-state index < -0.39 is 0 Å². The second-order valence-electron chi connectivity index (χ2n) is 3.72. The summed E-state index contributed by atoms with van der Waals surface area (Å²) in [4.78, 5) is 1.45. The summed E-state index contributed by atoms with van der Waals surface area (Å²) in [5.74, 6) is 0. The van der Waals surface area contributed by atoms with E-state index in [1.54, 1.807) is 0 Å². The first-order chi connectivity index (χ1) is 4.81. The molecule has 2 nitrogen and oxygen atoms in total. The molecule has 2 aliphatic heterocycles. The smallest absolute Gasteiger partial charge is 0.0683 e. The van der Waals surface area contributed by atoms with Crippen molar-refractivity contribution in [1.29, 1.82) is 0 Å². The lowest BCUT2D eigenvalue weighted by molar-refractivity contribution is -0.921. The Balaban J connectivity index is 1.90. The van der Waals surface area contributed by atoms with Crippen molar-refractivity contribution in [3.8, 4) is 0 Å². The molecule has 2 saturated heterocycles. The van der Waals surface area contributed by atoms with Gasteiger partial charge >= 0.3 is 0 Å². The summed E-state index contributed by atoms with van der Waals surface area (Å²) in [6.45, 7) is 4.51. The Hall–Kier alpha value is -0.0800. The average molecular weight is 141 g/mol. The van der Waals surface area contributed by atoms with Gasteiger partial charge in [0.1, 0.15) is 0 Å². The highest BCUT2D eigenvalue weighted by Crippen LogP contribution is 2.30. The van der Waals surface area contributed by atoms with Crippen LogP contribution in [0.15, 0.2) is 0 Å². The van der Waals surface area contributed by atoms with Crippen molar-refractivity contribution in [2.45, 2.75) is 12.8 Å². The van der Waals surface area contributed by atoms with Gasteiger partial charge in [-0.3, -0.25) is 0 Å². The van der Waals surface area contributed by atoms with Gasteiger partial charge in [0.05, 0.1) is 18.5 Å². The monoisotopic (exact) mass is 141 g/mol. The molecular weight excluding hydrogens is 126 g/mol. The van der Waals surface area contributed by atoms with Crippen LogP contribution in [0.2, 0.25) is 0 Å². The van der Waals surface area contributed by atoms with Crippen LogP contribution < -0.4 is 4.90 Å². The maximum absolute atomic E-state index is 5.31. The largest absolute Gasteiger partial charge is 0.467 e. The number of rotatable bonds is 0. The van der Waals surface area contributed by atoms with Crippen LogP contribution in [-0.2, 0) is 4.74 Å². The highest BCUT2D eigenvalue weighted by molar-refractivity contribution is 4.85. The lowest BCUT2D eigenvalue weighted by Gasteiger charge is -2.50.